The molecule has 0 spiro atoms. The van der Waals surface area contributed by atoms with Gasteiger partial charge in [-0.1, -0.05) is 62.2 Å². The Bertz CT molecular complexity index is 471. The lowest BCUT2D eigenvalue weighted by molar-refractivity contribution is -0.117. The third-order valence-corrected chi connectivity index (χ3v) is 3.98. The van der Waals surface area contributed by atoms with Crippen LogP contribution in [0, 0.1) is 0 Å². The average molecular weight is 358 g/mol. The standard InChI is InChI=1S/C13H10Br2O2/c14-10-6-13(17,8-16)7-11(15)12(10)9-4-2-1-3-5-9/h1-8,12,17H. The molecule has 0 saturated heterocycles. The van der Waals surface area contributed by atoms with Crippen molar-refractivity contribution in [3.8, 4) is 0 Å². The highest BCUT2D eigenvalue weighted by Crippen LogP contribution is 2.43. The van der Waals surface area contributed by atoms with E-state index in [9.17, 15) is 9.90 Å². The summed E-state index contributed by atoms with van der Waals surface area (Å²) in [5, 5.41) is 9.90. The molecule has 0 aliphatic heterocycles. The minimum Gasteiger partial charge on any atom is -0.374 e. The van der Waals surface area contributed by atoms with Crippen molar-refractivity contribution in [2.24, 2.45) is 0 Å². The van der Waals surface area contributed by atoms with Crippen LogP contribution >= 0.6 is 31.9 Å². The Balaban J connectivity index is 2.43. The lowest BCUT2D eigenvalue weighted by Gasteiger charge is -2.26. The van der Waals surface area contributed by atoms with Crippen molar-refractivity contribution < 1.29 is 9.90 Å². The van der Waals surface area contributed by atoms with Crippen LogP contribution in [0.1, 0.15) is 11.5 Å². The molecule has 1 aromatic carbocycles. The number of carbonyl (C=O) groups excluding carboxylic acids is 1. The van der Waals surface area contributed by atoms with Gasteiger partial charge >= 0.3 is 0 Å². The van der Waals surface area contributed by atoms with E-state index in [0.717, 1.165) is 14.5 Å². The van der Waals surface area contributed by atoms with Gasteiger partial charge in [0, 0.05) is 14.9 Å². The van der Waals surface area contributed by atoms with Gasteiger partial charge in [0.2, 0.25) is 0 Å². The number of benzene rings is 1. The SMILES string of the molecule is O=CC1(O)C=C(Br)C(c2ccccc2)C(Br)=C1. The van der Waals surface area contributed by atoms with Crippen LogP contribution < -0.4 is 0 Å². The summed E-state index contributed by atoms with van der Waals surface area (Å²) in [6.07, 6.45) is 3.54. The van der Waals surface area contributed by atoms with Gasteiger partial charge in [-0.05, 0) is 17.7 Å². The summed E-state index contributed by atoms with van der Waals surface area (Å²) < 4.78 is 1.54. The number of aldehydes is 1. The number of rotatable bonds is 2. The maximum absolute atomic E-state index is 10.8. The topological polar surface area (TPSA) is 37.3 Å². The van der Waals surface area contributed by atoms with E-state index in [0.29, 0.717) is 6.29 Å². The fourth-order valence-corrected chi connectivity index (χ4v) is 3.88. The van der Waals surface area contributed by atoms with Crippen molar-refractivity contribution in [3.63, 3.8) is 0 Å². The molecule has 88 valence electrons. The normalized spacial score (nSPS) is 28.3. The Morgan fingerprint density at radius 3 is 2.12 bits per heavy atom. The van der Waals surface area contributed by atoms with E-state index in [1.165, 1.54) is 12.2 Å². The molecule has 4 heteroatoms. The molecule has 2 nitrogen and oxygen atoms in total. The highest BCUT2D eigenvalue weighted by Gasteiger charge is 2.31. The van der Waals surface area contributed by atoms with Crippen LogP contribution in [0.15, 0.2) is 51.4 Å². The summed E-state index contributed by atoms with van der Waals surface area (Å²) in [6, 6.07) is 9.86. The number of aliphatic hydroxyl groups is 1. The minimum absolute atomic E-state index is 0.00331. The van der Waals surface area contributed by atoms with E-state index in [2.05, 4.69) is 31.9 Å². The van der Waals surface area contributed by atoms with Gasteiger partial charge in [0.05, 0.1) is 0 Å². The number of allylic oxidation sites excluding steroid dienone is 2. The second-order valence-electron chi connectivity index (χ2n) is 3.91. The van der Waals surface area contributed by atoms with Crippen LogP contribution in [0.5, 0.6) is 0 Å². The summed E-state index contributed by atoms with van der Waals surface area (Å²) in [5.41, 5.74) is -0.435. The highest BCUT2D eigenvalue weighted by molar-refractivity contribution is 9.12. The first kappa shape index (κ1) is 12.7. The molecule has 0 heterocycles. The quantitative estimate of drug-likeness (QED) is 0.825. The molecule has 2 rings (SSSR count). The van der Waals surface area contributed by atoms with E-state index < -0.39 is 5.60 Å². The van der Waals surface area contributed by atoms with Gasteiger partial charge in [-0.3, -0.25) is 4.79 Å². The van der Waals surface area contributed by atoms with Crippen molar-refractivity contribution in [1.82, 2.24) is 0 Å². The molecule has 0 saturated carbocycles. The van der Waals surface area contributed by atoms with Gasteiger partial charge in [-0.15, -0.1) is 0 Å². The Morgan fingerprint density at radius 1 is 1.12 bits per heavy atom. The molecule has 0 radical (unpaired) electrons. The predicted octanol–water partition coefficient (Wildman–Crippen LogP) is 3.27. The molecular formula is C13H10Br2O2. The molecule has 1 aromatic rings. The van der Waals surface area contributed by atoms with E-state index in [1.807, 2.05) is 30.3 Å². The van der Waals surface area contributed by atoms with Crippen molar-refractivity contribution >= 4 is 38.1 Å². The second-order valence-corrected chi connectivity index (χ2v) is 5.74. The molecule has 1 aliphatic rings. The summed E-state index contributed by atoms with van der Waals surface area (Å²) in [6.45, 7) is 0. The Kier molecular flexibility index (Phi) is 3.66. The lowest BCUT2D eigenvalue weighted by Crippen LogP contribution is -2.29. The van der Waals surface area contributed by atoms with Gasteiger partial charge in [0.25, 0.3) is 0 Å². The molecule has 0 amide bonds. The molecule has 0 unspecified atom stereocenters. The first-order valence-electron chi connectivity index (χ1n) is 5.06. The largest absolute Gasteiger partial charge is 0.374 e. The Labute approximate surface area is 116 Å². The molecule has 0 fully saturated rings. The van der Waals surface area contributed by atoms with Crippen molar-refractivity contribution in [2.75, 3.05) is 0 Å². The smallest absolute Gasteiger partial charge is 0.159 e. The number of hydrogen-bond acceptors (Lipinski definition) is 2. The van der Waals surface area contributed by atoms with Crippen LogP contribution in [0.4, 0.5) is 0 Å². The summed E-state index contributed by atoms with van der Waals surface area (Å²) in [4.78, 5) is 10.8. The third kappa shape index (κ3) is 2.59. The Hall–Kier alpha value is -0.710. The van der Waals surface area contributed by atoms with Crippen LogP contribution in [-0.2, 0) is 4.79 Å². The molecule has 1 aliphatic carbocycles. The summed E-state index contributed by atoms with van der Waals surface area (Å²) >= 11 is 6.84. The fraction of sp³-hybridized carbons (Fsp3) is 0.154. The van der Waals surface area contributed by atoms with Gasteiger partial charge in [-0.25, -0.2) is 0 Å². The van der Waals surface area contributed by atoms with Crippen molar-refractivity contribution in [3.05, 3.63) is 57.0 Å². The first-order chi connectivity index (χ1) is 8.06. The van der Waals surface area contributed by atoms with Gasteiger partial charge in [-0.2, -0.15) is 0 Å². The van der Waals surface area contributed by atoms with Crippen molar-refractivity contribution in [2.45, 2.75) is 11.5 Å². The second kappa shape index (κ2) is 4.88. The Morgan fingerprint density at radius 2 is 1.65 bits per heavy atom. The number of hydrogen-bond donors (Lipinski definition) is 1. The maximum Gasteiger partial charge on any atom is 0.159 e. The highest BCUT2D eigenvalue weighted by atomic mass is 79.9. The molecule has 1 N–H and O–H groups in total. The van der Waals surface area contributed by atoms with E-state index >= 15 is 0 Å². The zero-order valence-electron chi connectivity index (χ0n) is 8.81. The van der Waals surface area contributed by atoms with Crippen LogP contribution in [0.2, 0.25) is 0 Å². The van der Waals surface area contributed by atoms with Gasteiger partial charge < -0.3 is 5.11 Å². The fourth-order valence-electron chi connectivity index (χ4n) is 1.81. The number of carbonyl (C=O) groups is 1. The predicted molar refractivity (Wildman–Crippen MR) is 74.2 cm³/mol. The van der Waals surface area contributed by atoms with E-state index in [-0.39, 0.29) is 5.92 Å². The molecule has 17 heavy (non-hydrogen) atoms. The van der Waals surface area contributed by atoms with Crippen LogP contribution in [0.25, 0.3) is 0 Å². The van der Waals surface area contributed by atoms with Crippen LogP contribution in [0.3, 0.4) is 0 Å². The molecular weight excluding hydrogens is 348 g/mol. The number of halogens is 2. The van der Waals surface area contributed by atoms with Gasteiger partial charge in [0.15, 0.2) is 11.9 Å². The molecule has 0 atom stereocenters. The van der Waals surface area contributed by atoms with E-state index in [1.54, 1.807) is 0 Å². The molecule has 0 aromatic heterocycles. The third-order valence-electron chi connectivity index (χ3n) is 2.61. The van der Waals surface area contributed by atoms with E-state index in [4.69, 9.17) is 0 Å². The lowest BCUT2D eigenvalue weighted by atomic mass is 9.89. The maximum atomic E-state index is 10.8. The van der Waals surface area contributed by atoms with Crippen molar-refractivity contribution in [1.29, 1.82) is 0 Å². The first-order valence-corrected chi connectivity index (χ1v) is 6.64. The molecule has 0 bridgehead atoms. The summed E-state index contributed by atoms with van der Waals surface area (Å²) in [5.74, 6) is -0.00331. The zero-order chi connectivity index (χ0) is 12.5. The summed E-state index contributed by atoms with van der Waals surface area (Å²) in [7, 11) is 0. The monoisotopic (exact) mass is 356 g/mol. The van der Waals surface area contributed by atoms with Gasteiger partial charge in [0.1, 0.15) is 0 Å². The average Bonchev–Trinajstić information content (AvgIpc) is 2.29. The van der Waals surface area contributed by atoms with Crippen LogP contribution in [-0.4, -0.2) is 17.0 Å². The minimum atomic E-state index is -1.52. The zero-order valence-corrected chi connectivity index (χ0v) is 12.0.